The van der Waals surface area contributed by atoms with Crippen molar-refractivity contribution in [1.29, 1.82) is 0 Å². The smallest absolute Gasteiger partial charge is 0.381 e. The maximum atomic E-state index is 15.9. The van der Waals surface area contributed by atoms with E-state index in [1.54, 1.807) is 11.5 Å². The van der Waals surface area contributed by atoms with Crippen molar-refractivity contribution in [2.45, 2.75) is 88.1 Å². The van der Waals surface area contributed by atoms with Crippen LogP contribution in [0.15, 0.2) is 29.2 Å². The van der Waals surface area contributed by atoms with Gasteiger partial charge in [0.1, 0.15) is 5.67 Å². The lowest BCUT2D eigenvalue weighted by Crippen LogP contribution is -2.39. The molecule has 1 saturated heterocycles. The van der Waals surface area contributed by atoms with E-state index in [1.807, 2.05) is 0 Å². The quantitative estimate of drug-likeness (QED) is 0.416. The van der Waals surface area contributed by atoms with Gasteiger partial charge in [0.2, 0.25) is 10.0 Å². The number of rotatable bonds is 8. The molecule has 2 heterocycles. The third-order valence-corrected chi connectivity index (χ3v) is 9.17. The molecule has 1 aromatic carbocycles. The van der Waals surface area contributed by atoms with Crippen molar-refractivity contribution in [1.82, 2.24) is 14.6 Å². The van der Waals surface area contributed by atoms with Gasteiger partial charge in [-0.1, -0.05) is 32.3 Å². The number of alkyl halides is 4. The molecule has 39 heavy (non-hydrogen) atoms. The van der Waals surface area contributed by atoms with Gasteiger partial charge in [-0.2, -0.15) is 13.2 Å². The third-order valence-electron chi connectivity index (χ3n) is 7.56. The van der Waals surface area contributed by atoms with Gasteiger partial charge in [-0.05, 0) is 56.4 Å². The number of hydrogen-bond acceptors (Lipinski definition) is 4. The van der Waals surface area contributed by atoms with Crippen molar-refractivity contribution in [3.63, 3.8) is 0 Å². The summed E-state index contributed by atoms with van der Waals surface area (Å²) in [6, 6.07) is 4.33. The number of benzene rings is 1. The average molecular weight is 574 g/mol. The SMILES string of the molecule is CCNS(=O)(=O)c1ccc(-c2cc(C(=O)NC3CCOCC3)c(C)n2CC2(F)CCCCC2)cc1C(F)(F)F. The molecule has 1 saturated carbocycles. The zero-order valence-electron chi connectivity index (χ0n) is 22.2. The summed E-state index contributed by atoms with van der Waals surface area (Å²) in [5, 5.41) is 2.97. The van der Waals surface area contributed by atoms with Crippen LogP contribution in [0.2, 0.25) is 0 Å². The van der Waals surface area contributed by atoms with Gasteiger partial charge in [-0.15, -0.1) is 0 Å². The Kier molecular flexibility index (Phi) is 8.77. The summed E-state index contributed by atoms with van der Waals surface area (Å²) in [7, 11) is -4.41. The second-order valence-corrected chi connectivity index (χ2v) is 12.1. The predicted octanol–water partition coefficient (Wildman–Crippen LogP) is 5.36. The topological polar surface area (TPSA) is 89.4 Å². The number of ether oxygens (including phenoxy) is 1. The predicted molar refractivity (Wildman–Crippen MR) is 139 cm³/mol. The van der Waals surface area contributed by atoms with Crippen LogP contribution < -0.4 is 10.0 Å². The number of carbonyl (C=O) groups excluding carboxylic acids is 1. The lowest BCUT2D eigenvalue weighted by atomic mass is 9.86. The number of amides is 1. The number of carbonyl (C=O) groups is 1. The summed E-state index contributed by atoms with van der Waals surface area (Å²) in [6.45, 7) is 3.97. The minimum Gasteiger partial charge on any atom is -0.381 e. The van der Waals surface area contributed by atoms with Crippen LogP contribution in [0.25, 0.3) is 11.3 Å². The summed E-state index contributed by atoms with van der Waals surface area (Å²) in [4.78, 5) is 12.4. The maximum Gasteiger partial charge on any atom is 0.417 e. The number of halogens is 4. The summed E-state index contributed by atoms with van der Waals surface area (Å²) in [5.74, 6) is -0.390. The molecule has 1 aromatic heterocycles. The highest BCUT2D eigenvalue weighted by Crippen LogP contribution is 2.40. The van der Waals surface area contributed by atoms with Gasteiger partial charge in [-0.3, -0.25) is 4.79 Å². The van der Waals surface area contributed by atoms with Crippen LogP contribution >= 0.6 is 0 Å². The largest absolute Gasteiger partial charge is 0.417 e. The number of nitrogens with one attached hydrogen (secondary N) is 2. The Morgan fingerprint density at radius 3 is 2.41 bits per heavy atom. The Labute approximate surface area is 226 Å². The highest BCUT2D eigenvalue weighted by molar-refractivity contribution is 7.89. The molecule has 2 fully saturated rings. The number of aromatic nitrogens is 1. The molecule has 0 unspecified atom stereocenters. The van der Waals surface area contributed by atoms with Gasteiger partial charge in [0.05, 0.1) is 22.6 Å². The van der Waals surface area contributed by atoms with Gasteiger partial charge < -0.3 is 14.6 Å². The molecule has 7 nitrogen and oxygen atoms in total. The summed E-state index contributed by atoms with van der Waals surface area (Å²) < 4.78 is 92.2. The molecular weight excluding hydrogens is 538 g/mol. The molecule has 216 valence electrons. The lowest BCUT2D eigenvalue weighted by Gasteiger charge is -2.31. The van der Waals surface area contributed by atoms with E-state index in [0.717, 1.165) is 18.6 Å². The number of hydrogen-bond donors (Lipinski definition) is 2. The van der Waals surface area contributed by atoms with Crippen molar-refractivity contribution < 1.29 is 35.5 Å². The number of sulfonamides is 1. The van der Waals surface area contributed by atoms with E-state index in [2.05, 4.69) is 10.0 Å². The van der Waals surface area contributed by atoms with Gasteiger partial charge in [0, 0.05) is 37.2 Å². The first-order valence-corrected chi connectivity index (χ1v) is 14.8. The number of nitrogens with zero attached hydrogens (tertiary/aromatic N) is 1. The van der Waals surface area contributed by atoms with Crippen molar-refractivity contribution >= 4 is 15.9 Å². The van der Waals surface area contributed by atoms with Crippen LogP contribution in [0.5, 0.6) is 0 Å². The van der Waals surface area contributed by atoms with E-state index in [0.29, 0.717) is 57.4 Å². The third kappa shape index (κ3) is 6.66. The second kappa shape index (κ2) is 11.6. The Morgan fingerprint density at radius 1 is 1.13 bits per heavy atom. The van der Waals surface area contributed by atoms with Gasteiger partial charge in [0.15, 0.2) is 0 Å². The zero-order chi connectivity index (χ0) is 28.4. The van der Waals surface area contributed by atoms with Crippen LogP contribution in [-0.2, 0) is 27.5 Å². The van der Waals surface area contributed by atoms with Crippen LogP contribution in [-0.4, -0.2) is 50.4 Å². The first-order valence-electron chi connectivity index (χ1n) is 13.3. The van der Waals surface area contributed by atoms with E-state index in [1.165, 1.54) is 19.1 Å². The van der Waals surface area contributed by atoms with E-state index >= 15 is 4.39 Å². The van der Waals surface area contributed by atoms with E-state index < -0.39 is 38.2 Å². The molecule has 1 amide bonds. The molecule has 0 spiro atoms. The Bertz CT molecular complexity index is 1290. The maximum absolute atomic E-state index is 15.9. The zero-order valence-corrected chi connectivity index (χ0v) is 23.0. The highest BCUT2D eigenvalue weighted by Gasteiger charge is 2.39. The molecule has 1 aliphatic carbocycles. The molecule has 12 heteroatoms. The van der Waals surface area contributed by atoms with E-state index in [-0.39, 0.29) is 36.0 Å². The molecule has 2 aromatic rings. The molecule has 0 radical (unpaired) electrons. The Morgan fingerprint density at radius 2 is 1.79 bits per heavy atom. The van der Waals surface area contributed by atoms with E-state index in [9.17, 15) is 26.4 Å². The van der Waals surface area contributed by atoms with Gasteiger partial charge in [-0.25, -0.2) is 17.5 Å². The molecule has 2 N–H and O–H groups in total. The van der Waals surface area contributed by atoms with Crippen molar-refractivity contribution in [2.75, 3.05) is 19.8 Å². The normalized spacial score (nSPS) is 18.7. The first-order chi connectivity index (χ1) is 18.3. The fourth-order valence-corrected chi connectivity index (χ4v) is 6.71. The highest BCUT2D eigenvalue weighted by atomic mass is 32.2. The molecular formula is C27H35F4N3O4S. The molecule has 2 aliphatic rings. The molecule has 1 aliphatic heterocycles. The Hall–Kier alpha value is -2.44. The second-order valence-electron chi connectivity index (χ2n) is 10.4. The van der Waals surface area contributed by atoms with Gasteiger partial charge >= 0.3 is 6.18 Å². The van der Waals surface area contributed by atoms with Crippen LogP contribution in [0, 0.1) is 6.92 Å². The average Bonchev–Trinajstić information content (AvgIpc) is 3.19. The van der Waals surface area contributed by atoms with Crippen molar-refractivity contribution in [3.05, 3.63) is 41.1 Å². The van der Waals surface area contributed by atoms with Gasteiger partial charge in [0.25, 0.3) is 5.91 Å². The van der Waals surface area contributed by atoms with Crippen LogP contribution in [0.1, 0.15) is 73.5 Å². The first kappa shape index (κ1) is 29.5. The standard InChI is InChI=1S/C27H35F4N3O4S/c1-3-32-39(36,37)24-8-7-19(15-22(24)27(29,30)31)23-16-21(25(35)33-20-9-13-38-14-10-20)18(2)34(23)17-26(28)11-5-4-6-12-26/h7-8,15-16,20,32H,3-6,9-14,17H2,1-2H3,(H,33,35). The van der Waals surface area contributed by atoms with Crippen molar-refractivity contribution in [2.24, 2.45) is 0 Å². The minimum absolute atomic E-state index is 0.0467. The fourth-order valence-electron chi connectivity index (χ4n) is 5.46. The van der Waals surface area contributed by atoms with Crippen LogP contribution in [0.4, 0.5) is 17.6 Å². The molecule has 4 rings (SSSR count). The van der Waals surface area contributed by atoms with Crippen LogP contribution in [0.3, 0.4) is 0 Å². The summed E-state index contributed by atoms with van der Waals surface area (Å²) >= 11 is 0. The fraction of sp³-hybridized carbons (Fsp3) is 0.593. The van der Waals surface area contributed by atoms with E-state index in [4.69, 9.17) is 4.74 Å². The molecule has 0 bridgehead atoms. The van der Waals surface area contributed by atoms with Crippen molar-refractivity contribution in [3.8, 4) is 11.3 Å². The summed E-state index contributed by atoms with van der Waals surface area (Å²) in [6.07, 6.45) is -0.711. The minimum atomic E-state index is -4.96. The summed E-state index contributed by atoms with van der Waals surface area (Å²) in [5.41, 5.74) is -1.93. The lowest BCUT2D eigenvalue weighted by molar-refractivity contribution is -0.139. The molecule has 0 atom stereocenters. The monoisotopic (exact) mass is 573 g/mol. The Balaban J connectivity index is 1.81.